The summed E-state index contributed by atoms with van der Waals surface area (Å²) >= 11 is 0. The fourth-order valence-corrected chi connectivity index (χ4v) is 3.51. The quantitative estimate of drug-likeness (QED) is 0.233. The molecule has 0 aliphatic carbocycles. The normalized spacial score (nSPS) is 11.8. The van der Waals surface area contributed by atoms with Gasteiger partial charge in [-0.05, 0) is 34.9 Å². The highest BCUT2D eigenvalue weighted by molar-refractivity contribution is 5.98. The van der Waals surface area contributed by atoms with E-state index in [0.29, 0.717) is 23.7 Å². The molecule has 1 atom stereocenters. The van der Waals surface area contributed by atoms with Crippen LogP contribution in [0.15, 0.2) is 90.2 Å². The lowest BCUT2D eigenvalue weighted by atomic mass is 10.1. The second kappa shape index (κ2) is 11.7. The first kappa shape index (κ1) is 24.5. The Labute approximate surface area is 208 Å². The average molecular weight is 486 g/mol. The van der Waals surface area contributed by atoms with Crippen LogP contribution in [0.3, 0.4) is 0 Å². The molecule has 9 nitrogen and oxygen atoms in total. The molecule has 0 aliphatic rings. The first-order valence-electron chi connectivity index (χ1n) is 11.3. The third-order valence-corrected chi connectivity index (χ3v) is 5.46. The van der Waals surface area contributed by atoms with E-state index in [2.05, 4.69) is 15.6 Å². The number of nitrogen functional groups attached to an aromatic ring is 1. The van der Waals surface area contributed by atoms with Gasteiger partial charge in [0.15, 0.2) is 11.5 Å². The predicted molar refractivity (Wildman–Crippen MR) is 137 cm³/mol. The number of nitrogens with zero attached hydrogens (tertiary/aromatic N) is 3. The van der Waals surface area contributed by atoms with E-state index in [4.69, 9.17) is 15.2 Å². The van der Waals surface area contributed by atoms with Gasteiger partial charge < -0.3 is 20.3 Å². The molecule has 0 spiro atoms. The largest absolute Gasteiger partial charge is 0.493 e. The van der Waals surface area contributed by atoms with E-state index in [9.17, 15) is 9.90 Å². The van der Waals surface area contributed by atoms with Gasteiger partial charge >= 0.3 is 0 Å². The molecule has 0 bridgehead atoms. The van der Waals surface area contributed by atoms with E-state index in [0.717, 1.165) is 11.1 Å². The van der Waals surface area contributed by atoms with Crippen molar-refractivity contribution in [3.63, 3.8) is 0 Å². The zero-order chi connectivity index (χ0) is 25.3. The summed E-state index contributed by atoms with van der Waals surface area (Å²) in [5, 5.41) is 18.6. The van der Waals surface area contributed by atoms with Gasteiger partial charge in [-0.2, -0.15) is 10.2 Å². The minimum atomic E-state index is -0.810. The second-order valence-corrected chi connectivity index (χ2v) is 7.94. The van der Waals surface area contributed by atoms with Gasteiger partial charge in [-0.1, -0.05) is 60.7 Å². The molecule has 184 valence electrons. The maximum absolute atomic E-state index is 12.6. The van der Waals surface area contributed by atoms with Gasteiger partial charge in [0.25, 0.3) is 5.91 Å². The van der Waals surface area contributed by atoms with Crippen molar-refractivity contribution in [1.82, 2.24) is 15.2 Å². The number of methoxy groups -OCH3 is 1. The number of amides is 1. The van der Waals surface area contributed by atoms with E-state index < -0.39 is 12.0 Å². The highest BCUT2D eigenvalue weighted by Gasteiger charge is 2.17. The van der Waals surface area contributed by atoms with Crippen LogP contribution in [0.5, 0.6) is 11.5 Å². The van der Waals surface area contributed by atoms with Crippen molar-refractivity contribution in [3.05, 3.63) is 107 Å². The topological polar surface area (TPSA) is 124 Å². The molecule has 3 aromatic carbocycles. The summed E-state index contributed by atoms with van der Waals surface area (Å²) in [5.74, 6) is 0.765. The number of aliphatic hydroxyl groups is 1. The molecule has 9 heteroatoms. The van der Waals surface area contributed by atoms with E-state index in [1.54, 1.807) is 25.3 Å². The van der Waals surface area contributed by atoms with E-state index >= 15 is 0 Å². The zero-order valence-corrected chi connectivity index (χ0v) is 19.7. The number of aromatic nitrogens is 2. The number of benzene rings is 3. The van der Waals surface area contributed by atoms with Gasteiger partial charge in [0, 0.05) is 0 Å². The Hall–Kier alpha value is -4.63. The Bertz CT molecular complexity index is 1320. The summed E-state index contributed by atoms with van der Waals surface area (Å²) in [4.78, 5) is 12.6. The second-order valence-electron chi connectivity index (χ2n) is 7.94. The first-order valence-corrected chi connectivity index (χ1v) is 11.3. The van der Waals surface area contributed by atoms with Crippen LogP contribution in [0.2, 0.25) is 0 Å². The average Bonchev–Trinajstić information content (AvgIpc) is 3.28. The summed E-state index contributed by atoms with van der Waals surface area (Å²) in [6.45, 7) is 0.501. The van der Waals surface area contributed by atoms with E-state index in [1.165, 1.54) is 17.1 Å². The first-order chi connectivity index (χ1) is 17.5. The number of nitrogens with two attached hydrogens (primary N) is 1. The Balaban J connectivity index is 1.38. The smallest absolute Gasteiger partial charge is 0.276 e. The monoisotopic (exact) mass is 485 g/mol. The minimum Gasteiger partial charge on any atom is -0.493 e. The molecular weight excluding hydrogens is 458 g/mol. The number of nitrogens with one attached hydrogen (secondary N) is 1. The van der Waals surface area contributed by atoms with Crippen LogP contribution in [-0.4, -0.2) is 34.1 Å². The molecule has 0 saturated carbocycles. The lowest BCUT2D eigenvalue weighted by Crippen LogP contribution is -2.19. The van der Waals surface area contributed by atoms with Crippen molar-refractivity contribution in [1.29, 1.82) is 0 Å². The summed E-state index contributed by atoms with van der Waals surface area (Å²) < 4.78 is 12.7. The fraction of sp³-hybridized carbons (Fsp3) is 0.148. The Morgan fingerprint density at radius 2 is 1.83 bits per heavy atom. The molecular formula is C27H27N5O4. The third-order valence-electron chi connectivity index (χ3n) is 5.46. The van der Waals surface area contributed by atoms with E-state index in [1.807, 2.05) is 60.7 Å². The van der Waals surface area contributed by atoms with Gasteiger partial charge in [-0.3, -0.25) is 4.79 Å². The molecule has 4 rings (SSSR count). The lowest BCUT2D eigenvalue weighted by Gasteiger charge is -2.12. The van der Waals surface area contributed by atoms with Gasteiger partial charge in [0.2, 0.25) is 0 Å². The third kappa shape index (κ3) is 6.08. The summed E-state index contributed by atoms with van der Waals surface area (Å²) in [5.41, 5.74) is 11.2. The van der Waals surface area contributed by atoms with Crippen molar-refractivity contribution in [2.24, 2.45) is 5.10 Å². The number of rotatable bonds is 10. The van der Waals surface area contributed by atoms with Gasteiger partial charge in [-0.25, -0.2) is 10.1 Å². The zero-order valence-electron chi connectivity index (χ0n) is 19.7. The molecule has 0 radical (unpaired) electrons. The number of carbonyl (C=O) groups excluding carboxylic acids is 1. The molecule has 0 saturated heterocycles. The Morgan fingerprint density at radius 3 is 2.56 bits per heavy atom. The van der Waals surface area contributed by atoms with Gasteiger partial charge in [-0.15, -0.1) is 0 Å². The van der Waals surface area contributed by atoms with Crippen LogP contribution in [0.4, 0.5) is 5.82 Å². The van der Waals surface area contributed by atoms with Crippen molar-refractivity contribution in [3.8, 4) is 11.5 Å². The number of hydrogen-bond acceptors (Lipinski definition) is 7. The Morgan fingerprint density at radius 1 is 1.11 bits per heavy atom. The van der Waals surface area contributed by atoms with Gasteiger partial charge in [0.1, 0.15) is 18.0 Å². The summed E-state index contributed by atoms with van der Waals surface area (Å²) in [6.07, 6.45) is 2.03. The van der Waals surface area contributed by atoms with Crippen LogP contribution in [0.1, 0.15) is 33.2 Å². The van der Waals surface area contributed by atoms with Crippen LogP contribution in [0, 0.1) is 0 Å². The molecule has 1 unspecified atom stereocenters. The van der Waals surface area contributed by atoms with Crippen LogP contribution in [0.25, 0.3) is 0 Å². The SMILES string of the molecule is COc1ccc(/C=N/NC(=O)c2cnn(CC(O)c3ccccc3)c2N)cc1OCc1ccccc1. The van der Waals surface area contributed by atoms with Gasteiger partial charge in [0.05, 0.1) is 32.2 Å². The van der Waals surface area contributed by atoms with Crippen molar-refractivity contribution >= 4 is 17.9 Å². The van der Waals surface area contributed by atoms with Crippen LogP contribution < -0.4 is 20.6 Å². The minimum absolute atomic E-state index is 0.115. The predicted octanol–water partition coefficient (Wildman–Crippen LogP) is 3.55. The number of carbonyl (C=O) groups is 1. The molecule has 4 N–H and O–H groups in total. The number of anilines is 1. The highest BCUT2D eigenvalue weighted by atomic mass is 16.5. The van der Waals surface area contributed by atoms with Crippen molar-refractivity contribution in [2.45, 2.75) is 19.3 Å². The summed E-state index contributed by atoms with van der Waals surface area (Å²) in [6, 6.07) is 24.3. The number of hydrazone groups is 1. The molecule has 1 amide bonds. The molecule has 0 fully saturated rings. The molecule has 36 heavy (non-hydrogen) atoms. The Kier molecular flexibility index (Phi) is 7.94. The molecule has 1 aromatic heterocycles. The fourth-order valence-electron chi connectivity index (χ4n) is 3.51. The standard InChI is InChI=1S/C27H27N5O4/c1-35-24-13-12-20(14-25(24)36-18-19-8-4-2-5-9-19)15-29-31-27(34)22-16-30-32(26(22)28)17-23(33)21-10-6-3-7-11-21/h2-16,23,33H,17-18,28H2,1H3,(H,31,34)/b29-15+. The maximum Gasteiger partial charge on any atom is 0.276 e. The van der Waals surface area contributed by atoms with Crippen molar-refractivity contribution in [2.75, 3.05) is 12.8 Å². The van der Waals surface area contributed by atoms with Crippen LogP contribution in [-0.2, 0) is 13.2 Å². The maximum atomic E-state index is 12.6. The number of aliphatic hydroxyl groups excluding tert-OH is 1. The molecule has 0 aliphatic heterocycles. The summed E-state index contributed by atoms with van der Waals surface area (Å²) in [7, 11) is 1.57. The lowest BCUT2D eigenvalue weighted by molar-refractivity contribution is 0.0955. The van der Waals surface area contributed by atoms with Crippen molar-refractivity contribution < 1.29 is 19.4 Å². The highest BCUT2D eigenvalue weighted by Crippen LogP contribution is 2.28. The molecule has 4 aromatic rings. The number of hydrogen-bond donors (Lipinski definition) is 3. The van der Waals surface area contributed by atoms with Crippen LogP contribution >= 0.6 is 0 Å². The van der Waals surface area contributed by atoms with E-state index in [-0.39, 0.29) is 17.9 Å². The number of ether oxygens (including phenoxy) is 2. The molecule has 1 heterocycles.